The number of nitrogens with one attached hydrogen (secondary N) is 1. The molecule has 2 aliphatic rings. The summed E-state index contributed by atoms with van der Waals surface area (Å²) in [6.45, 7) is 4.15. The van der Waals surface area contributed by atoms with Gasteiger partial charge in [0, 0.05) is 24.2 Å². The lowest BCUT2D eigenvalue weighted by molar-refractivity contribution is 0.0562. The van der Waals surface area contributed by atoms with Gasteiger partial charge in [-0.1, -0.05) is 25.1 Å². The molecule has 1 N–H and O–H groups in total. The first-order valence-electron chi connectivity index (χ1n) is 8.43. The third-order valence-electron chi connectivity index (χ3n) is 5.00. The number of carbonyl (C=O) groups is 1. The van der Waals surface area contributed by atoms with Crippen molar-refractivity contribution in [2.45, 2.75) is 57.5 Å². The van der Waals surface area contributed by atoms with E-state index in [4.69, 9.17) is 0 Å². The Kier molecular flexibility index (Phi) is 4.59. The van der Waals surface area contributed by atoms with Crippen LogP contribution in [0.15, 0.2) is 24.3 Å². The predicted molar refractivity (Wildman–Crippen MR) is 85.5 cm³/mol. The van der Waals surface area contributed by atoms with Crippen LogP contribution in [0.25, 0.3) is 0 Å². The van der Waals surface area contributed by atoms with Crippen LogP contribution in [-0.2, 0) is 6.42 Å². The van der Waals surface area contributed by atoms with Crippen molar-refractivity contribution in [2.75, 3.05) is 13.1 Å². The topological polar surface area (TPSA) is 32.3 Å². The van der Waals surface area contributed by atoms with Crippen molar-refractivity contribution >= 4 is 5.91 Å². The number of carbonyl (C=O) groups excluding carboxylic acids is 1. The third-order valence-corrected chi connectivity index (χ3v) is 5.00. The van der Waals surface area contributed by atoms with Gasteiger partial charge in [-0.15, -0.1) is 0 Å². The van der Waals surface area contributed by atoms with Gasteiger partial charge in [0.2, 0.25) is 0 Å². The number of rotatable bonds is 3. The van der Waals surface area contributed by atoms with Crippen LogP contribution in [0.2, 0.25) is 0 Å². The van der Waals surface area contributed by atoms with Crippen LogP contribution in [0.4, 0.5) is 0 Å². The van der Waals surface area contributed by atoms with E-state index in [1.165, 1.54) is 24.8 Å². The van der Waals surface area contributed by atoms with Crippen LogP contribution in [0, 0.1) is 0 Å². The molecule has 2 aliphatic heterocycles. The summed E-state index contributed by atoms with van der Waals surface area (Å²) < 4.78 is 0. The van der Waals surface area contributed by atoms with Crippen molar-refractivity contribution in [2.24, 2.45) is 0 Å². The second-order valence-electron chi connectivity index (χ2n) is 6.28. The van der Waals surface area contributed by atoms with Gasteiger partial charge in [-0.3, -0.25) is 4.79 Å². The molecule has 0 aromatic heterocycles. The zero-order chi connectivity index (χ0) is 14.7. The van der Waals surface area contributed by atoms with Crippen molar-refractivity contribution < 1.29 is 4.79 Å². The summed E-state index contributed by atoms with van der Waals surface area (Å²) in [6.07, 6.45) is 6.92. The van der Waals surface area contributed by atoms with E-state index in [1.807, 2.05) is 18.2 Å². The first kappa shape index (κ1) is 14.6. The summed E-state index contributed by atoms with van der Waals surface area (Å²) in [7, 11) is 0. The molecule has 1 amide bonds. The van der Waals surface area contributed by atoms with Crippen LogP contribution in [0.3, 0.4) is 0 Å². The maximum Gasteiger partial charge on any atom is 0.254 e. The second-order valence-corrected chi connectivity index (χ2v) is 6.28. The van der Waals surface area contributed by atoms with E-state index in [2.05, 4.69) is 23.2 Å². The minimum Gasteiger partial charge on any atom is -0.334 e. The predicted octanol–water partition coefficient (Wildman–Crippen LogP) is 3.00. The van der Waals surface area contributed by atoms with E-state index in [0.717, 1.165) is 37.9 Å². The van der Waals surface area contributed by atoms with E-state index < -0.39 is 0 Å². The summed E-state index contributed by atoms with van der Waals surface area (Å²) in [4.78, 5) is 15.2. The van der Waals surface area contributed by atoms with Crippen molar-refractivity contribution in [3.05, 3.63) is 35.4 Å². The van der Waals surface area contributed by atoms with E-state index in [9.17, 15) is 4.79 Å². The Balaban J connectivity index is 1.83. The maximum absolute atomic E-state index is 13.0. The molecule has 2 unspecified atom stereocenters. The Labute approximate surface area is 127 Å². The van der Waals surface area contributed by atoms with Crippen LogP contribution < -0.4 is 5.32 Å². The monoisotopic (exact) mass is 286 g/mol. The molecule has 1 aromatic rings. The van der Waals surface area contributed by atoms with E-state index in [0.29, 0.717) is 12.1 Å². The average molecular weight is 286 g/mol. The van der Waals surface area contributed by atoms with Crippen LogP contribution in [0.1, 0.15) is 54.9 Å². The zero-order valence-electron chi connectivity index (χ0n) is 13.0. The molecule has 3 nitrogen and oxygen atoms in total. The minimum atomic E-state index is 0.242. The number of benzene rings is 1. The normalized spacial score (nSPS) is 26.0. The lowest BCUT2D eigenvalue weighted by atomic mass is 9.93. The lowest BCUT2D eigenvalue weighted by Gasteiger charge is -2.39. The fourth-order valence-corrected chi connectivity index (χ4v) is 3.86. The Morgan fingerprint density at radius 3 is 2.86 bits per heavy atom. The summed E-state index contributed by atoms with van der Waals surface area (Å²) in [6, 6.07) is 8.98. The highest BCUT2D eigenvalue weighted by Crippen LogP contribution is 2.26. The molecule has 3 heteroatoms. The smallest absolute Gasteiger partial charge is 0.254 e. The highest BCUT2D eigenvalue weighted by atomic mass is 16.2. The van der Waals surface area contributed by atoms with Gasteiger partial charge in [0.15, 0.2) is 0 Å². The summed E-state index contributed by atoms with van der Waals surface area (Å²) in [5.41, 5.74) is 2.08. The van der Waals surface area contributed by atoms with Gasteiger partial charge < -0.3 is 10.2 Å². The van der Waals surface area contributed by atoms with Crippen molar-refractivity contribution in [1.82, 2.24) is 10.2 Å². The Bertz CT molecular complexity index is 494. The molecule has 0 aliphatic carbocycles. The highest BCUT2D eigenvalue weighted by molar-refractivity contribution is 5.96. The zero-order valence-corrected chi connectivity index (χ0v) is 13.0. The third kappa shape index (κ3) is 2.98. The molecular weight excluding hydrogens is 260 g/mol. The molecule has 2 heterocycles. The largest absolute Gasteiger partial charge is 0.334 e. The molecular formula is C18H26N2O. The summed E-state index contributed by atoms with van der Waals surface area (Å²) in [5, 5.41) is 3.60. The Morgan fingerprint density at radius 2 is 2.10 bits per heavy atom. The molecule has 0 saturated carbocycles. The average Bonchev–Trinajstić information content (AvgIpc) is 3.08. The molecule has 1 aromatic carbocycles. The van der Waals surface area contributed by atoms with Gasteiger partial charge in [0.25, 0.3) is 5.91 Å². The van der Waals surface area contributed by atoms with Gasteiger partial charge in [0.1, 0.15) is 0 Å². The van der Waals surface area contributed by atoms with Gasteiger partial charge in [-0.05, 0) is 56.7 Å². The second kappa shape index (κ2) is 6.61. The number of likely N-dealkylation sites (tertiary alicyclic amines) is 1. The molecule has 3 rings (SSSR count). The number of amides is 1. The quantitative estimate of drug-likeness (QED) is 0.926. The van der Waals surface area contributed by atoms with E-state index in [-0.39, 0.29) is 5.91 Å². The van der Waals surface area contributed by atoms with Gasteiger partial charge in [-0.2, -0.15) is 0 Å². The van der Waals surface area contributed by atoms with Gasteiger partial charge in [0.05, 0.1) is 0 Å². The SMILES string of the molecule is CCc1ccccc1C(=O)N1CCCCC1C1CCCN1. The van der Waals surface area contributed by atoms with E-state index >= 15 is 0 Å². The van der Waals surface area contributed by atoms with Crippen molar-refractivity contribution in [3.63, 3.8) is 0 Å². The first-order chi connectivity index (χ1) is 10.3. The highest BCUT2D eigenvalue weighted by Gasteiger charge is 2.34. The summed E-state index contributed by atoms with van der Waals surface area (Å²) >= 11 is 0. The van der Waals surface area contributed by atoms with Crippen molar-refractivity contribution in [1.29, 1.82) is 0 Å². The molecule has 2 atom stereocenters. The fraction of sp³-hybridized carbons (Fsp3) is 0.611. The molecule has 0 radical (unpaired) electrons. The standard InChI is InChI=1S/C18H26N2O/c1-2-14-8-3-4-9-15(14)18(21)20-13-6-5-11-17(20)16-10-7-12-19-16/h3-4,8-9,16-17,19H,2,5-7,10-13H2,1H3. The van der Waals surface area contributed by atoms with Crippen LogP contribution in [-0.4, -0.2) is 36.0 Å². The van der Waals surface area contributed by atoms with Gasteiger partial charge in [-0.25, -0.2) is 0 Å². The summed E-state index contributed by atoms with van der Waals surface area (Å²) in [5.74, 6) is 0.242. The van der Waals surface area contributed by atoms with Gasteiger partial charge >= 0.3 is 0 Å². The lowest BCUT2D eigenvalue weighted by Crippen LogP contribution is -2.52. The molecule has 0 bridgehead atoms. The Morgan fingerprint density at radius 1 is 1.24 bits per heavy atom. The molecule has 114 valence electrons. The number of hydrogen-bond acceptors (Lipinski definition) is 2. The maximum atomic E-state index is 13.0. The van der Waals surface area contributed by atoms with E-state index in [1.54, 1.807) is 0 Å². The number of piperidine rings is 1. The molecule has 21 heavy (non-hydrogen) atoms. The fourth-order valence-electron chi connectivity index (χ4n) is 3.86. The first-order valence-corrected chi connectivity index (χ1v) is 8.43. The number of nitrogens with zero attached hydrogens (tertiary/aromatic N) is 1. The van der Waals surface area contributed by atoms with Crippen LogP contribution >= 0.6 is 0 Å². The number of aryl methyl sites for hydroxylation is 1. The molecule has 2 fully saturated rings. The number of hydrogen-bond donors (Lipinski definition) is 1. The minimum absolute atomic E-state index is 0.242. The molecule has 2 saturated heterocycles. The van der Waals surface area contributed by atoms with Crippen LogP contribution in [0.5, 0.6) is 0 Å². The molecule has 0 spiro atoms. The Hall–Kier alpha value is -1.35. The van der Waals surface area contributed by atoms with Crippen molar-refractivity contribution in [3.8, 4) is 0 Å².